The van der Waals surface area contributed by atoms with Crippen LogP contribution in [-0.2, 0) is 6.54 Å². The van der Waals surface area contributed by atoms with E-state index in [0.29, 0.717) is 12.4 Å². The van der Waals surface area contributed by atoms with Gasteiger partial charge in [0.25, 0.3) is 0 Å². The summed E-state index contributed by atoms with van der Waals surface area (Å²) in [6.07, 6.45) is 1.81. The van der Waals surface area contributed by atoms with E-state index in [2.05, 4.69) is 9.97 Å². The summed E-state index contributed by atoms with van der Waals surface area (Å²) < 4.78 is 12.9. The number of pyridine rings is 1. The summed E-state index contributed by atoms with van der Waals surface area (Å²) in [6, 6.07) is 4.77. The van der Waals surface area contributed by atoms with Crippen molar-refractivity contribution in [2.75, 3.05) is 11.9 Å². The fourth-order valence-corrected chi connectivity index (χ4v) is 1.89. The fraction of sp³-hybridized carbons (Fsp3) is 0.200. The van der Waals surface area contributed by atoms with Crippen molar-refractivity contribution in [2.45, 2.75) is 6.54 Å². The molecule has 0 radical (unpaired) electrons. The van der Waals surface area contributed by atoms with Crippen molar-refractivity contribution in [3.8, 4) is 0 Å². The Bertz CT molecular complexity index is 430. The van der Waals surface area contributed by atoms with Gasteiger partial charge >= 0.3 is 0 Å². The van der Waals surface area contributed by atoms with Gasteiger partial charge in [0.15, 0.2) is 0 Å². The van der Waals surface area contributed by atoms with Crippen molar-refractivity contribution >= 4 is 17.2 Å². The third-order valence-corrected chi connectivity index (χ3v) is 2.73. The molecule has 0 aliphatic carbocycles. The zero-order chi connectivity index (χ0) is 10.7. The van der Waals surface area contributed by atoms with Crippen LogP contribution in [0.2, 0.25) is 0 Å². The van der Waals surface area contributed by atoms with Crippen LogP contribution in [0.5, 0.6) is 0 Å². The van der Waals surface area contributed by atoms with Gasteiger partial charge < -0.3 is 4.90 Å². The highest BCUT2D eigenvalue weighted by atomic mass is 32.1. The maximum Gasteiger partial charge on any atom is 0.214 e. The molecule has 0 N–H and O–H groups in total. The lowest BCUT2D eigenvalue weighted by Gasteiger charge is -2.16. The van der Waals surface area contributed by atoms with E-state index in [-0.39, 0.29) is 0 Å². The van der Waals surface area contributed by atoms with Crippen LogP contribution in [0.3, 0.4) is 0 Å². The van der Waals surface area contributed by atoms with E-state index in [1.807, 2.05) is 11.9 Å². The highest BCUT2D eigenvalue weighted by Gasteiger charge is 2.05. The Labute approximate surface area is 91.2 Å². The third kappa shape index (κ3) is 2.50. The number of anilines is 1. The van der Waals surface area contributed by atoms with Crippen LogP contribution in [0, 0.1) is 5.95 Å². The first-order valence-corrected chi connectivity index (χ1v) is 5.35. The van der Waals surface area contributed by atoms with Crippen molar-refractivity contribution in [1.82, 2.24) is 9.97 Å². The van der Waals surface area contributed by atoms with Gasteiger partial charge in [-0.3, -0.25) is 4.98 Å². The predicted molar refractivity (Wildman–Crippen MR) is 58.4 cm³/mol. The molecule has 2 rings (SSSR count). The number of rotatable bonds is 3. The quantitative estimate of drug-likeness (QED) is 0.748. The molecular weight excluding hydrogens is 213 g/mol. The zero-order valence-electron chi connectivity index (χ0n) is 8.22. The van der Waals surface area contributed by atoms with Crippen molar-refractivity contribution in [3.63, 3.8) is 0 Å². The molecule has 0 saturated carbocycles. The van der Waals surface area contributed by atoms with Crippen molar-refractivity contribution in [2.24, 2.45) is 0 Å². The summed E-state index contributed by atoms with van der Waals surface area (Å²) in [5.41, 5.74) is 1.78. The lowest BCUT2D eigenvalue weighted by atomic mass is 10.4. The van der Waals surface area contributed by atoms with Crippen LogP contribution in [0.1, 0.15) is 4.88 Å². The van der Waals surface area contributed by atoms with E-state index < -0.39 is 5.95 Å². The second kappa shape index (κ2) is 4.35. The molecule has 0 unspecified atom stereocenters. The standard InChI is InChI=1S/C10H10FN3S/c1-14(6-8-5-12-7-15-8)10-4-2-3-9(11)13-10/h2-5,7H,6H2,1H3. The number of aromatic nitrogens is 2. The second-order valence-electron chi connectivity index (χ2n) is 3.14. The number of thiazole rings is 1. The van der Waals surface area contributed by atoms with Crippen LogP contribution in [0.25, 0.3) is 0 Å². The molecule has 15 heavy (non-hydrogen) atoms. The summed E-state index contributed by atoms with van der Waals surface area (Å²) in [6.45, 7) is 0.696. The van der Waals surface area contributed by atoms with Gasteiger partial charge in [0, 0.05) is 18.1 Å². The van der Waals surface area contributed by atoms with Gasteiger partial charge in [-0.25, -0.2) is 4.98 Å². The summed E-state index contributed by atoms with van der Waals surface area (Å²) in [5, 5.41) is 0. The Kier molecular flexibility index (Phi) is 2.91. The molecule has 0 saturated heterocycles. The average Bonchev–Trinajstić information content (AvgIpc) is 2.70. The maximum absolute atomic E-state index is 12.9. The number of nitrogens with zero attached hydrogens (tertiary/aromatic N) is 3. The first-order chi connectivity index (χ1) is 7.25. The lowest BCUT2D eigenvalue weighted by Crippen LogP contribution is -2.17. The molecule has 0 atom stereocenters. The molecule has 5 heteroatoms. The highest BCUT2D eigenvalue weighted by Crippen LogP contribution is 2.14. The molecular formula is C10H10FN3S. The monoisotopic (exact) mass is 223 g/mol. The molecule has 0 bridgehead atoms. The Hall–Kier alpha value is -1.49. The fourth-order valence-electron chi connectivity index (χ4n) is 1.25. The van der Waals surface area contributed by atoms with E-state index in [9.17, 15) is 4.39 Å². The van der Waals surface area contributed by atoms with Crippen LogP contribution in [-0.4, -0.2) is 17.0 Å². The van der Waals surface area contributed by atoms with E-state index in [0.717, 1.165) is 4.88 Å². The van der Waals surface area contributed by atoms with Crippen LogP contribution in [0.4, 0.5) is 10.2 Å². The second-order valence-corrected chi connectivity index (χ2v) is 4.11. The molecule has 2 heterocycles. The van der Waals surface area contributed by atoms with Gasteiger partial charge in [-0.05, 0) is 12.1 Å². The summed E-state index contributed by atoms with van der Waals surface area (Å²) in [5.74, 6) is 0.173. The predicted octanol–water partition coefficient (Wildman–Crippen LogP) is 2.31. The summed E-state index contributed by atoms with van der Waals surface area (Å²) in [4.78, 5) is 10.8. The smallest absolute Gasteiger partial charge is 0.214 e. The van der Waals surface area contributed by atoms with E-state index >= 15 is 0 Å². The average molecular weight is 223 g/mol. The van der Waals surface area contributed by atoms with Crippen molar-refractivity contribution in [1.29, 1.82) is 0 Å². The molecule has 2 aromatic heterocycles. The van der Waals surface area contributed by atoms with E-state index in [1.54, 1.807) is 35.2 Å². The van der Waals surface area contributed by atoms with Crippen LogP contribution in [0.15, 0.2) is 29.9 Å². The highest BCUT2D eigenvalue weighted by molar-refractivity contribution is 7.09. The van der Waals surface area contributed by atoms with Crippen molar-refractivity contribution in [3.05, 3.63) is 40.7 Å². The van der Waals surface area contributed by atoms with Crippen LogP contribution < -0.4 is 4.90 Å². The largest absolute Gasteiger partial charge is 0.354 e. The molecule has 0 spiro atoms. The Morgan fingerprint density at radius 2 is 2.33 bits per heavy atom. The number of hydrogen-bond donors (Lipinski definition) is 0. The van der Waals surface area contributed by atoms with Gasteiger partial charge in [0.2, 0.25) is 5.95 Å². The number of hydrogen-bond acceptors (Lipinski definition) is 4. The molecule has 0 aliphatic rings. The number of halogens is 1. The molecule has 0 amide bonds. The normalized spacial score (nSPS) is 10.3. The Morgan fingerprint density at radius 3 is 3.00 bits per heavy atom. The molecule has 0 aliphatic heterocycles. The summed E-state index contributed by atoms with van der Waals surface area (Å²) >= 11 is 1.58. The van der Waals surface area contributed by atoms with Crippen LogP contribution >= 0.6 is 11.3 Å². The van der Waals surface area contributed by atoms with Gasteiger partial charge in [-0.2, -0.15) is 4.39 Å². The van der Waals surface area contributed by atoms with Gasteiger partial charge in [-0.1, -0.05) is 6.07 Å². The minimum Gasteiger partial charge on any atom is -0.354 e. The summed E-state index contributed by atoms with van der Waals surface area (Å²) in [7, 11) is 1.88. The van der Waals surface area contributed by atoms with Gasteiger partial charge in [-0.15, -0.1) is 11.3 Å². The molecule has 2 aromatic rings. The first-order valence-electron chi connectivity index (χ1n) is 4.47. The SMILES string of the molecule is CN(Cc1cncs1)c1cccc(F)n1. The molecule has 78 valence electrons. The minimum absolute atomic E-state index is 0.455. The van der Waals surface area contributed by atoms with Gasteiger partial charge in [0.1, 0.15) is 5.82 Å². The Balaban J connectivity index is 2.11. The first kappa shape index (κ1) is 10.0. The Morgan fingerprint density at radius 1 is 1.47 bits per heavy atom. The zero-order valence-corrected chi connectivity index (χ0v) is 9.04. The minimum atomic E-state index is -0.455. The molecule has 3 nitrogen and oxygen atoms in total. The molecule has 0 fully saturated rings. The molecule has 0 aromatic carbocycles. The lowest BCUT2D eigenvalue weighted by molar-refractivity contribution is 0.582. The maximum atomic E-state index is 12.9. The van der Waals surface area contributed by atoms with E-state index in [4.69, 9.17) is 0 Å². The topological polar surface area (TPSA) is 29.0 Å². The van der Waals surface area contributed by atoms with Gasteiger partial charge in [0.05, 0.1) is 12.1 Å². The van der Waals surface area contributed by atoms with Crippen molar-refractivity contribution < 1.29 is 4.39 Å². The van der Waals surface area contributed by atoms with E-state index in [1.165, 1.54) is 6.07 Å². The third-order valence-electron chi connectivity index (χ3n) is 1.97.